The van der Waals surface area contributed by atoms with E-state index in [1.54, 1.807) is 0 Å². The van der Waals surface area contributed by atoms with Crippen LogP contribution in [0.3, 0.4) is 0 Å². The monoisotopic (exact) mass is 415 g/mol. The number of aromatic nitrogens is 2. The van der Waals surface area contributed by atoms with E-state index in [2.05, 4.69) is 49.6 Å². The van der Waals surface area contributed by atoms with E-state index in [-0.39, 0.29) is 11.8 Å². The molecule has 0 aliphatic carbocycles. The number of anilines is 1. The lowest BCUT2D eigenvalue weighted by Crippen LogP contribution is -2.41. The van der Waals surface area contributed by atoms with Gasteiger partial charge in [0.15, 0.2) is 0 Å². The fourth-order valence-electron chi connectivity index (χ4n) is 3.89. The maximum Gasteiger partial charge on any atom is 0.230 e. The number of amides is 1. The molecule has 3 heterocycles. The van der Waals surface area contributed by atoms with Gasteiger partial charge in [0.1, 0.15) is 5.01 Å². The number of nitrogens with one attached hydrogen (secondary N) is 1. The molecule has 1 N–H and O–H groups in total. The number of hydrogen-bond acceptors (Lipinski definition) is 7. The Bertz CT molecular complexity index is 821. The first-order valence-corrected chi connectivity index (χ1v) is 11.2. The summed E-state index contributed by atoms with van der Waals surface area (Å²) in [5, 5.41) is 13.0. The van der Waals surface area contributed by atoms with Gasteiger partial charge in [0.05, 0.1) is 13.2 Å². The second-order valence-corrected chi connectivity index (χ2v) is 8.91. The number of nitrogens with zero attached hydrogens (tertiary/aromatic N) is 4. The number of ether oxygens (including phenoxy) is 1. The average Bonchev–Trinajstić information content (AvgIpc) is 3.20. The van der Waals surface area contributed by atoms with Gasteiger partial charge in [-0.2, -0.15) is 0 Å². The van der Waals surface area contributed by atoms with Crippen molar-refractivity contribution in [2.75, 3.05) is 51.3 Å². The van der Waals surface area contributed by atoms with Gasteiger partial charge in [-0.15, -0.1) is 10.2 Å². The van der Waals surface area contributed by atoms with Gasteiger partial charge >= 0.3 is 0 Å². The number of carbonyl (C=O) groups excluding carboxylic acids is 1. The highest BCUT2D eigenvalue weighted by Gasteiger charge is 2.21. The molecule has 8 heteroatoms. The van der Waals surface area contributed by atoms with E-state index in [1.165, 1.54) is 22.5 Å². The minimum Gasteiger partial charge on any atom is -0.379 e. The minimum atomic E-state index is -0.0890. The topological polar surface area (TPSA) is 70.6 Å². The van der Waals surface area contributed by atoms with E-state index in [1.807, 2.05) is 6.92 Å². The van der Waals surface area contributed by atoms with Crippen molar-refractivity contribution in [1.82, 2.24) is 20.0 Å². The molecule has 1 atom stereocenters. The highest BCUT2D eigenvalue weighted by Crippen LogP contribution is 2.21. The summed E-state index contributed by atoms with van der Waals surface area (Å²) in [6, 6.07) is 8.68. The Morgan fingerprint density at radius 2 is 1.97 bits per heavy atom. The van der Waals surface area contributed by atoms with Crippen molar-refractivity contribution < 1.29 is 9.53 Å². The Balaban J connectivity index is 1.23. The molecule has 2 aliphatic heterocycles. The molecule has 29 heavy (non-hydrogen) atoms. The third-order valence-corrected chi connectivity index (χ3v) is 6.53. The van der Waals surface area contributed by atoms with Gasteiger partial charge in [-0.1, -0.05) is 42.5 Å². The highest BCUT2D eigenvalue weighted by molar-refractivity contribution is 7.15. The van der Waals surface area contributed by atoms with E-state index in [9.17, 15) is 4.79 Å². The number of fused-ring (bicyclic) bond motifs is 1. The van der Waals surface area contributed by atoms with Crippen molar-refractivity contribution in [3.63, 3.8) is 0 Å². The summed E-state index contributed by atoms with van der Waals surface area (Å²) in [6.45, 7) is 9.02. The molecule has 1 aromatic heterocycles. The zero-order chi connectivity index (χ0) is 20.1. The molecule has 1 aromatic carbocycles. The van der Waals surface area contributed by atoms with Gasteiger partial charge in [-0.05, 0) is 17.5 Å². The van der Waals surface area contributed by atoms with Crippen LogP contribution in [0.15, 0.2) is 24.3 Å². The van der Waals surface area contributed by atoms with Crippen molar-refractivity contribution in [3.05, 3.63) is 40.4 Å². The van der Waals surface area contributed by atoms with Crippen LogP contribution in [0.4, 0.5) is 5.13 Å². The third-order valence-electron chi connectivity index (χ3n) is 5.63. The Hall–Kier alpha value is -1.87. The Labute approximate surface area is 176 Å². The molecule has 2 aliphatic rings. The number of benzene rings is 1. The molecule has 1 amide bonds. The molecule has 0 bridgehead atoms. The largest absolute Gasteiger partial charge is 0.379 e. The Morgan fingerprint density at radius 1 is 1.17 bits per heavy atom. The summed E-state index contributed by atoms with van der Waals surface area (Å²) in [5.41, 5.74) is 2.90. The molecule has 1 fully saturated rings. The lowest BCUT2D eigenvalue weighted by atomic mass is 10.00. The highest BCUT2D eigenvalue weighted by atomic mass is 32.1. The van der Waals surface area contributed by atoms with Crippen LogP contribution in [0.25, 0.3) is 0 Å². The van der Waals surface area contributed by atoms with Crippen LogP contribution in [0.5, 0.6) is 0 Å². The van der Waals surface area contributed by atoms with Crippen LogP contribution in [0.1, 0.15) is 23.1 Å². The molecular weight excluding hydrogens is 386 g/mol. The molecule has 0 radical (unpaired) electrons. The van der Waals surface area contributed by atoms with E-state index >= 15 is 0 Å². The Kier molecular flexibility index (Phi) is 6.86. The van der Waals surface area contributed by atoms with Crippen LogP contribution < -0.4 is 5.32 Å². The predicted octanol–water partition coefficient (Wildman–Crippen LogP) is 2.05. The van der Waals surface area contributed by atoms with E-state index < -0.39 is 0 Å². The average molecular weight is 416 g/mol. The second-order valence-electron chi connectivity index (χ2n) is 7.85. The maximum absolute atomic E-state index is 12.5. The SMILES string of the molecule is CC(CN1CCOCC1)C(=O)Nc1nnc(CCN2CCc3ccccc3C2)s1. The first-order chi connectivity index (χ1) is 14.2. The summed E-state index contributed by atoms with van der Waals surface area (Å²) in [6.07, 6.45) is 1.97. The molecular formula is C21H29N5O2S. The molecule has 156 valence electrons. The molecule has 1 unspecified atom stereocenters. The fraction of sp³-hybridized carbons (Fsp3) is 0.571. The normalized spacial score (nSPS) is 18.9. The fourth-order valence-corrected chi connectivity index (χ4v) is 4.62. The van der Waals surface area contributed by atoms with E-state index in [4.69, 9.17) is 4.74 Å². The molecule has 1 saturated heterocycles. The number of hydrogen-bond donors (Lipinski definition) is 1. The van der Waals surface area contributed by atoms with Gasteiger partial charge in [0.25, 0.3) is 0 Å². The van der Waals surface area contributed by atoms with Crippen LogP contribution in [-0.2, 0) is 28.9 Å². The molecule has 2 aromatic rings. The summed E-state index contributed by atoms with van der Waals surface area (Å²) < 4.78 is 5.36. The zero-order valence-electron chi connectivity index (χ0n) is 17.0. The molecule has 0 saturated carbocycles. The summed E-state index contributed by atoms with van der Waals surface area (Å²) in [5.74, 6) is -0.0827. The molecule has 4 rings (SSSR count). The lowest BCUT2D eigenvalue weighted by Gasteiger charge is -2.28. The summed E-state index contributed by atoms with van der Waals surface area (Å²) in [4.78, 5) is 17.2. The standard InChI is InChI=1S/C21H29N5O2S/c1-16(14-26-10-12-28-13-11-26)20(27)22-21-24-23-19(29-21)7-9-25-8-6-17-4-2-3-5-18(17)15-25/h2-5,16H,6-15H2,1H3,(H,22,24,27). The van der Waals surface area contributed by atoms with Gasteiger partial charge < -0.3 is 10.1 Å². The van der Waals surface area contributed by atoms with Crippen LogP contribution >= 0.6 is 11.3 Å². The van der Waals surface area contributed by atoms with Crippen molar-refractivity contribution >= 4 is 22.4 Å². The summed E-state index contributed by atoms with van der Waals surface area (Å²) >= 11 is 1.48. The number of rotatable bonds is 7. The van der Waals surface area contributed by atoms with Crippen molar-refractivity contribution in [2.24, 2.45) is 5.92 Å². The van der Waals surface area contributed by atoms with Crippen LogP contribution in [-0.4, -0.2) is 71.8 Å². The van der Waals surface area contributed by atoms with E-state index in [0.717, 1.165) is 70.3 Å². The van der Waals surface area contributed by atoms with Gasteiger partial charge in [0, 0.05) is 51.6 Å². The number of carbonyl (C=O) groups is 1. The zero-order valence-corrected chi connectivity index (χ0v) is 17.8. The van der Waals surface area contributed by atoms with Gasteiger partial charge in [-0.3, -0.25) is 14.6 Å². The summed E-state index contributed by atoms with van der Waals surface area (Å²) in [7, 11) is 0. The van der Waals surface area contributed by atoms with Crippen LogP contribution in [0, 0.1) is 5.92 Å². The van der Waals surface area contributed by atoms with Crippen molar-refractivity contribution in [2.45, 2.75) is 26.3 Å². The molecule has 7 nitrogen and oxygen atoms in total. The van der Waals surface area contributed by atoms with Gasteiger partial charge in [-0.25, -0.2) is 0 Å². The van der Waals surface area contributed by atoms with Crippen LogP contribution in [0.2, 0.25) is 0 Å². The first kappa shape index (κ1) is 20.4. The quantitative estimate of drug-likeness (QED) is 0.746. The second kappa shape index (κ2) is 9.75. The smallest absolute Gasteiger partial charge is 0.230 e. The maximum atomic E-state index is 12.5. The molecule has 0 spiro atoms. The predicted molar refractivity (Wildman–Crippen MR) is 114 cm³/mol. The Morgan fingerprint density at radius 3 is 2.79 bits per heavy atom. The third kappa shape index (κ3) is 5.60. The van der Waals surface area contributed by atoms with E-state index in [0.29, 0.717) is 5.13 Å². The first-order valence-electron chi connectivity index (χ1n) is 10.4. The number of morpholine rings is 1. The van der Waals surface area contributed by atoms with Crippen molar-refractivity contribution in [1.29, 1.82) is 0 Å². The van der Waals surface area contributed by atoms with Crippen molar-refractivity contribution in [3.8, 4) is 0 Å². The van der Waals surface area contributed by atoms with Gasteiger partial charge in [0.2, 0.25) is 11.0 Å². The minimum absolute atomic E-state index is 0.00632. The lowest BCUT2D eigenvalue weighted by molar-refractivity contribution is -0.120.